The van der Waals surface area contributed by atoms with Gasteiger partial charge in [0.1, 0.15) is 6.10 Å². The lowest BCUT2D eigenvalue weighted by atomic mass is 9.93. The number of hydrogen-bond donors (Lipinski definition) is 0. The molecule has 2 aromatic rings. The van der Waals surface area contributed by atoms with E-state index in [4.69, 9.17) is 27.9 Å². The maximum atomic E-state index is 10.7. The third kappa shape index (κ3) is 2.75. The van der Waals surface area contributed by atoms with E-state index in [0.29, 0.717) is 16.7 Å². The fourth-order valence-corrected chi connectivity index (χ4v) is 2.85. The molecule has 4 nitrogen and oxygen atoms in total. The number of hydrogen-bond acceptors (Lipinski definition) is 3. The van der Waals surface area contributed by atoms with Crippen LogP contribution in [0.25, 0.3) is 0 Å². The van der Waals surface area contributed by atoms with Crippen molar-refractivity contribution in [2.75, 3.05) is 6.61 Å². The van der Waals surface area contributed by atoms with E-state index in [0.717, 1.165) is 23.1 Å². The second-order valence-electron chi connectivity index (χ2n) is 4.81. The Morgan fingerprint density at radius 1 is 1.14 bits per heavy atom. The van der Waals surface area contributed by atoms with Gasteiger partial charge >= 0.3 is 0 Å². The Balaban J connectivity index is 2.01. The van der Waals surface area contributed by atoms with Gasteiger partial charge in [-0.1, -0.05) is 23.2 Å². The summed E-state index contributed by atoms with van der Waals surface area (Å²) in [5.74, 6) is 0. The summed E-state index contributed by atoms with van der Waals surface area (Å²) in [5, 5.41) is 11.7. The summed E-state index contributed by atoms with van der Waals surface area (Å²) in [6, 6.07) is 10.0. The SMILES string of the molecule is O=[N+]([O-])c1ccc(C2OCCc3cc(Cl)c(Cl)cc32)cc1. The number of non-ortho nitro benzene ring substituents is 1. The monoisotopic (exact) mass is 323 g/mol. The molecule has 6 heteroatoms. The highest BCUT2D eigenvalue weighted by Crippen LogP contribution is 2.37. The molecule has 2 aromatic carbocycles. The molecule has 0 fully saturated rings. The zero-order valence-corrected chi connectivity index (χ0v) is 12.4. The third-order valence-corrected chi connectivity index (χ3v) is 4.25. The highest BCUT2D eigenvalue weighted by atomic mass is 35.5. The molecule has 108 valence electrons. The summed E-state index contributed by atoms with van der Waals surface area (Å²) in [6.07, 6.45) is 0.500. The van der Waals surface area contributed by atoms with Crippen molar-refractivity contribution in [3.05, 3.63) is 73.2 Å². The molecule has 1 aliphatic heterocycles. The van der Waals surface area contributed by atoms with Gasteiger partial charge in [-0.15, -0.1) is 0 Å². The lowest BCUT2D eigenvalue weighted by Crippen LogP contribution is -2.17. The second-order valence-corrected chi connectivity index (χ2v) is 5.63. The van der Waals surface area contributed by atoms with Gasteiger partial charge in [0.25, 0.3) is 5.69 Å². The van der Waals surface area contributed by atoms with Gasteiger partial charge in [-0.05, 0) is 47.4 Å². The van der Waals surface area contributed by atoms with Crippen LogP contribution in [0.1, 0.15) is 22.8 Å². The van der Waals surface area contributed by atoms with E-state index >= 15 is 0 Å². The molecular formula is C15H11Cl2NO3. The molecule has 21 heavy (non-hydrogen) atoms. The van der Waals surface area contributed by atoms with Crippen LogP contribution in [-0.4, -0.2) is 11.5 Å². The summed E-state index contributed by atoms with van der Waals surface area (Å²) in [4.78, 5) is 10.3. The highest BCUT2D eigenvalue weighted by Gasteiger charge is 2.24. The Hall–Kier alpha value is -1.62. The Bertz CT molecular complexity index is 701. The van der Waals surface area contributed by atoms with E-state index in [-0.39, 0.29) is 11.8 Å². The predicted octanol–water partition coefficient (Wildman–Crippen LogP) is 4.56. The van der Waals surface area contributed by atoms with E-state index in [1.165, 1.54) is 12.1 Å². The van der Waals surface area contributed by atoms with Gasteiger partial charge in [-0.3, -0.25) is 10.1 Å². The van der Waals surface area contributed by atoms with E-state index in [1.807, 2.05) is 12.1 Å². The predicted molar refractivity (Wildman–Crippen MR) is 81.1 cm³/mol. The first-order valence-electron chi connectivity index (χ1n) is 6.40. The number of nitro benzene ring substituents is 1. The van der Waals surface area contributed by atoms with E-state index in [9.17, 15) is 10.1 Å². The summed E-state index contributed by atoms with van der Waals surface area (Å²) in [5.41, 5.74) is 2.98. The van der Waals surface area contributed by atoms with Crippen LogP contribution in [0.4, 0.5) is 5.69 Å². The summed E-state index contributed by atoms with van der Waals surface area (Å²) < 4.78 is 5.81. The van der Waals surface area contributed by atoms with E-state index in [2.05, 4.69) is 0 Å². The number of nitrogens with zero attached hydrogens (tertiary/aromatic N) is 1. The zero-order chi connectivity index (χ0) is 15.0. The Labute approximate surface area is 131 Å². The van der Waals surface area contributed by atoms with Gasteiger partial charge in [-0.25, -0.2) is 0 Å². The summed E-state index contributed by atoms with van der Waals surface area (Å²) in [6.45, 7) is 0.576. The molecule has 0 N–H and O–H groups in total. The van der Waals surface area contributed by atoms with Crippen LogP contribution in [-0.2, 0) is 11.2 Å². The van der Waals surface area contributed by atoms with Gasteiger partial charge in [0.05, 0.1) is 21.6 Å². The molecule has 3 rings (SSSR count). The molecule has 0 aliphatic carbocycles. The van der Waals surface area contributed by atoms with Crippen molar-refractivity contribution in [3.63, 3.8) is 0 Å². The smallest absolute Gasteiger partial charge is 0.269 e. The minimum atomic E-state index is -0.421. The van der Waals surface area contributed by atoms with Crippen molar-refractivity contribution in [1.82, 2.24) is 0 Å². The van der Waals surface area contributed by atoms with Crippen molar-refractivity contribution in [1.29, 1.82) is 0 Å². The highest BCUT2D eigenvalue weighted by molar-refractivity contribution is 6.42. The third-order valence-electron chi connectivity index (χ3n) is 3.53. The molecule has 0 bridgehead atoms. The fourth-order valence-electron chi connectivity index (χ4n) is 2.49. The number of rotatable bonds is 2. The molecule has 0 aromatic heterocycles. The largest absolute Gasteiger partial charge is 0.368 e. The molecule has 0 radical (unpaired) electrons. The van der Waals surface area contributed by atoms with Gasteiger partial charge in [0.2, 0.25) is 0 Å². The summed E-state index contributed by atoms with van der Waals surface area (Å²) in [7, 11) is 0. The van der Waals surface area contributed by atoms with E-state index in [1.54, 1.807) is 12.1 Å². The Kier molecular flexibility index (Phi) is 3.85. The minimum Gasteiger partial charge on any atom is -0.368 e. The molecule has 0 amide bonds. The number of nitro groups is 1. The van der Waals surface area contributed by atoms with Gasteiger partial charge in [0, 0.05) is 12.1 Å². The topological polar surface area (TPSA) is 52.4 Å². The lowest BCUT2D eigenvalue weighted by molar-refractivity contribution is -0.384. The van der Waals surface area contributed by atoms with Crippen molar-refractivity contribution in [2.45, 2.75) is 12.5 Å². The lowest BCUT2D eigenvalue weighted by Gasteiger charge is -2.27. The fraction of sp³-hybridized carbons (Fsp3) is 0.200. The van der Waals surface area contributed by atoms with Crippen LogP contribution in [0.5, 0.6) is 0 Å². The molecule has 1 atom stereocenters. The first-order valence-corrected chi connectivity index (χ1v) is 7.15. The first kappa shape index (κ1) is 14.3. The van der Waals surface area contributed by atoms with Gasteiger partial charge in [0.15, 0.2) is 0 Å². The normalized spacial score (nSPS) is 17.3. The van der Waals surface area contributed by atoms with Crippen molar-refractivity contribution < 1.29 is 9.66 Å². The van der Waals surface area contributed by atoms with Crippen LogP contribution in [0, 0.1) is 10.1 Å². The summed E-state index contributed by atoms with van der Waals surface area (Å²) >= 11 is 12.1. The molecule has 0 saturated heterocycles. The van der Waals surface area contributed by atoms with Crippen molar-refractivity contribution >= 4 is 28.9 Å². The van der Waals surface area contributed by atoms with Crippen molar-refractivity contribution in [2.24, 2.45) is 0 Å². The van der Waals surface area contributed by atoms with Crippen molar-refractivity contribution in [3.8, 4) is 0 Å². The van der Waals surface area contributed by atoms with Crippen LogP contribution in [0.2, 0.25) is 10.0 Å². The van der Waals surface area contributed by atoms with E-state index < -0.39 is 4.92 Å². The minimum absolute atomic E-state index is 0.0592. The van der Waals surface area contributed by atoms with Gasteiger partial charge in [-0.2, -0.15) is 0 Å². The Morgan fingerprint density at radius 3 is 2.48 bits per heavy atom. The average Bonchev–Trinajstić information content (AvgIpc) is 2.48. The standard InChI is InChI=1S/C15H11Cl2NO3/c16-13-7-10-5-6-21-15(12(10)8-14(13)17)9-1-3-11(4-2-9)18(19)20/h1-4,7-8,15H,5-6H2. The maximum absolute atomic E-state index is 10.7. The number of fused-ring (bicyclic) bond motifs is 1. The molecule has 1 aliphatic rings. The number of ether oxygens (including phenoxy) is 1. The molecular weight excluding hydrogens is 313 g/mol. The average molecular weight is 324 g/mol. The Morgan fingerprint density at radius 2 is 1.81 bits per heavy atom. The van der Waals surface area contributed by atoms with Crippen LogP contribution >= 0.6 is 23.2 Å². The number of benzene rings is 2. The number of halogens is 2. The van der Waals surface area contributed by atoms with Gasteiger partial charge < -0.3 is 4.74 Å². The zero-order valence-electron chi connectivity index (χ0n) is 10.9. The van der Waals surface area contributed by atoms with Crippen LogP contribution < -0.4 is 0 Å². The second kappa shape index (κ2) is 5.64. The first-order chi connectivity index (χ1) is 10.1. The van der Waals surface area contributed by atoms with Crippen LogP contribution in [0.3, 0.4) is 0 Å². The maximum Gasteiger partial charge on any atom is 0.269 e. The molecule has 0 spiro atoms. The molecule has 1 unspecified atom stereocenters. The molecule has 0 saturated carbocycles. The molecule has 1 heterocycles. The van der Waals surface area contributed by atoms with Crippen LogP contribution in [0.15, 0.2) is 36.4 Å². The quantitative estimate of drug-likeness (QED) is 0.601.